The second-order valence-corrected chi connectivity index (χ2v) is 11.0. The molecule has 1 aromatic heterocycles. The summed E-state index contributed by atoms with van der Waals surface area (Å²) >= 11 is 0. The van der Waals surface area contributed by atoms with Crippen molar-refractivity contribution in [3.05, 3.63) is 182 Å². The van der Waals surface area contributed by atoms with Crippen LogP contribution in [0.4, 0.5) is 17.1 Å². The van der Waals surface area contributed by atoms with Crippen LogP contribution in [0.5, 0.6) is 0 Å². The molecule has 0 unspecified atom stereocenters. The molecule has 0 bridgehead atoms. The van der Waals surface area contributed by atoms with Crippen molar-refractivity contribution >= 4 is 38.9 Å². The second kappa shape index (κ2) is 11.1. The van der Waals surface area contributed by atoms with Gasteiger partial charge in [-0.1, -0.05) is 133 Å². The van der Waals surface area contributed by atoms with Gasteiger partial charge in [0.15, 0.2) is 0 Å². The van der Waals surface area contributed by atoms with E-state index in [1.54, 1.807) is 0 Å². The molecule has 0 aliphatic rings. The fraction of sp³-hybridized carbons (Fsp3) is 0. The third-order valence-electron chi connectivity index (χ3n) is 8.37. The zero-order valence-electron chi connectivity index (χ0n) is 24.2. The minimum Gasteiger partial charge on any atom is -0.308 e. The first-order valence-electron chi connectivity index (χ1n) is 15.0. The molecule has 208 valence electrons. The van der Waals surface area contributed by atoms with Gasteiger partial charge in [0, 0.05) is 22.1 Å². The molecule has 0 aliphatic heterocycles. The summed E-state index contributed by atoms with van der Waals surface area (Å²) in [5, 5.41) is 2.50. The first kappa shape index (κ1) is 25.8. The third-order valence-corrected chi connectivity index (χ3v) is 8.37. The summed E-state index contributed by atoms with van der Waals surface area (Å²) in [4.78, 5) is 2.40. The van der Waals surface area contributed by atoms with E-state index < -0.39 is 0 Å². The lowest BCUT2D eigenvalue weighted by Crippen LogP contribution is -2.13. The summed E-state index contributed by atoms with van der Waals surface area (Å²) in [7, 11) is 0. The molecule has 0 aliphatic carbocycles. The molecule has 1 heterocycles. The highest BCUT2D eigenvalue weighted by atomic mass is 15.2. The summed E-state index contributed by atoms with van der Waals surface area (Å²) in [6, 6.07) is 65.1. The molecule has 7 aromatic carbocycles. The predicted molar refractivity (Wildman–Crippen MR) is 186 cm³/mol. The van der Waals surface area contributed by atoms with Crippen molar-refractivity contribution in [1.82, 2.24) is 4.57 Å². The fourth-order valence-electron chi connectivity index (χ4n) is 6.36. The molecule has 0 saturated heterocycles. The number of aromatic nitrogens is 1. The van der Waals surface area contributed by atoms with Crippen molar-refractivity contribution in [2.75, 3.05) is 4.90 Å². The molecule has 2 heteroatoms. The van der Waals surface area contributed by atoms with Crippen molar-refractivity contribution in [3.63, 3.8) is 0 Å². The Labute approximate surface area is 257 Å². The third kappa shape index (κ3) is 4.54. The minimum atomic E-state index is 1.10. The standard InChI is InChI=1S/C42H30N2/c1-3-15-31(16-4-1)33-19-13-21-35(29-33)43(36-22-14-20-34(30-36)32-17-5-2-6-18-32)41-27-11-12-28-42(41)44-39-25-9-7-23-37(39)38-24-8-10-26-40(38)44/h1-30H. The first-order valence-corrected chi connectivity index (χ1v) is 15.0. The van der Waals surface area contributed by atoms with Crippen molar-refractivity contribution in [2.45, 2.75) is 0 Å². The maximum atomic E-state index is 2.41. The Bertz CT molecular complexity index is 2090. The molecule has 0 spiro atoms. The Kier molecular flexibility index (Phi) is 6.51. The topological polar surface area (TPSA) is 8.17 Å². The van der Waals surface area contributed by atoms with Gasteiger partial charge in [-0.25, -0.2) is 0 Å². The minimum absolute atomic E-state index is 1.10. The normalized spacial score (nSPS) is 11.2. The van der Waals surface area contributed by atoms with Gasteiger partial charge < -0.3 is 9.47 Å². The van der Waals surface area contributed by atoms with E-state index in [9.17, 15) is 0 Å². The smallest absolute Gasteiger partial charge is 0.0702 e. The Hall–Kier alpha value is -5.86. The number of hydrogen-bond acceptors (Lipinski definition) is 1. The Morgan fingerprint density at radius 3 is 1.32 bits per heavy atom. The van der Waals surface area contributed by atoms with Crippen LogP contribution in [-0.2, 0) is 0 Å². The molecule has 0 saturated carbocycles. The highest BCUT2D eigenvalue weighted by Gasteiger charge is 2.21. The van der Waals surface area contributed by atoms with Crippen LogP contribution in [0.2, 0.25) is 0 Å². The van der Waals surface area contributed by atoms with E-state index in [1.165, 1.54) is 44.1 Å². The highest BCUT2D eigenvalue weighted by Crippen LogP contribution is 2.43. The molecule has 0 fully saturated rings. The van der Waals surface area contributed by atoms with Gasteiger partial charge in [-0.15, -0.1) is 0 Å². The molecule has 0 N–H and O–H groups in total. The molecule has 0 radical (unpaired) electrons. The van der Waals surface area contributed by atoms with Crippen molar-refractivity contribution in [2.24, 2.45) is 0 Å². The van der Waals surface area contributed by atoms with E-state index in [-0.39, 0.29) is 0 Å². The predicted octanol–water partition coefficient (Wildman–Crippen LogP) is 11.6. The molecule has 0 amide bonds. The number of para-hydroxylation sites is 4. The zero-order valence-corrected chi connectivity index (χ0v) is 24.2. The summed E-state index contributed by atoms with van der Waals surface area (Å²) in [5.41, 5.74) is 11.6. The monoisotopic (exact) mass is 562 g/mol. The van der Waals surface area contributed by atoms with Gasteiger partial charge in [0.25, 0.3) is 0 Å². The lowest BCUT2D eigenvalue weighted by molar-refractivity contribution is 1.15. The van der Waals surface area contributed by atoms with Crippen LogP contribution >= 0.6 is 0 Å². The fourth-order valence-corrected chi connectivity index (χ4v) is 6.36. The summed E-state index contributed by atoms with van der Waals surface area (Å²) in [6.45, 7) is 0. The molecule has 8 rings (SSSR count). The van der Waals surface area contributed by atoms with E-state index in [4.69, 9.17) is 0 Å². The Morgan fingerprint density at radius 2 is 0.773 bits per heavy atom. The average molecular weight is 563 g/mol. The van der Waals surface area contributed by atoms with Crippen LogP contribution in [-0.4, -0.2) is 4.57 Å². The highest BCUT2D eigenvalue weighted by molar-refractivity contribution is 6.09. The maximum absolute atomic E-state index is 2.41. The Morgan fingerprint density at radius 1 is 0.341 bits per heavy atom. The largest absolute Gasteiger partial charge is 0.308 e. The van der Waals surface area contributed by atoms with E-state index in [0.717, 1.165) is 22.7 Å². The van der Waals surface area contributed by atoms with Crippen LogP contribution in [0.3, 0.4) is 0 Å². The van der Waals surface area contributed by atoms with Gasteiger partial charge in [0.05, 0.1) is 22.4 Å². The van der Waals surface area contributed by atoms with Gasteiger partial charge >= 0.3 is 0 Å². The van der Waals surface area contributed by atoms with Crippen LogP contribution in [0.1, 0.15) is 0 Å². The lowest BCUT2D eigenvalue weighted by Gasteiger charge is -2.29. The van der Waals surface area contributed by atoms with Crippen molar-refractivity contribution < 1.29 is 0 Å². The van der Waals surface area contributed by atoms with Gasteiger partial charge in [-0.3, -0.25) is 0 Å². The number of rotatable bonds is 6. The molecule has 8 aromatic rings. The van der Waals surface area contributed by atoms with Crippen LogP contribution in [0, 0.1) is 0 Å². The second-order valence-electron chi connectivity index (χ2n) is 11.0. The number of benzene rings is 7. The quantitative estimate of drug-likeness (QED) is 0.196. The van der Waals surface area contributed by atoms with Gasteiger partial charge in [-0.05, 0) is 70.8 Å². The summed E-state index contributed by atoms with van der Waals surface area (Å²) < 4.78 is 2.41. The van der Waals surface area contributed by atoms with Crippen molar-refractivity contribution in [3.8, 4) is 27.9 Å². The molecule has 2 nitrogen and oxygen atoms in total. The van der Waals surface area contributed by atoms with E-state index in [1.807, 2.05) is 0 Å². The van der Waals surface area contributed by atoms with Gasteiger partial charge in [0.1, 0.15) is 0 Å². The molecule has 0 atom stereocenters. The zero-order chi connectivity index (χ0) is 29.3. The summed E-state index contributed by atoms with van der Waals surface area (Å²) in [6.07, 6.45) is 0. The molecular formula is C42H30N2. The number of anilines is 3. The average Bonchev–Trinajstić information content (AvgIpc) is 3.44. The van der Waals surface area contributed by atoms with E-state index in [0.29, 0.717) is 0 Å². The van der Waals surface area contributed by atoms with E-state index >= 15 is 0 Å². The Balaban J connectivity index is 1.39. The van der Waals surface area contributed by atoms with Crippen LogP contribution in [0.15, 0.2) is 182 Å². The van der Waals surface area contributed by atoms with E-state index in [2.05, 4.69) is 191 Å². The summed E-state index contributed by atoms with van der Waals surface area (Å²) in [5.74, 6) is 0. The van der Waals surface area contributed by atoms with Gasteiger partial charge in [0.2, 0.25) is 0 Å². The number of nitrogens with zero attached hydrogens (tertiary/aromatic N) is 2. The number of hydrogen-bond donors (Lipinski definition) is 0. The van der Waals surface area contributed by atoms with Crippen molar-refractivity contribution in [1.29, 1.82) is 0 Å². The first-order chi connectivity index (χ1) is 21.8. The van der Waals surface area contributed by atoms with Crippen LogP contribution in [0.25, 0.3) is 49.7 Å². The molecular weight excluding hydrogens is 532 g/mol. The maximum Gasteiger partial charge on any atom is 0.0702 e. The molecule has 44 heavy (non-hydrogen) atoms. The van der Waals surface area contributed by atoms with Gasteiger partial charge in [-0.2, -0.15) is 0 Å². The van der Waals surface area contributed by atoms with Crippen LogP contribution < -0.4 is 4.90 Å². The number of fused-ring (bicyclic) bond motifs is 3. The SMILES string of the molecule is c1ccc(-c2cccc(N(c3cccc(-c4ccccc4)c3)c3ccccc3-n3c4ccccc4c4ccccc43)c2)cc1. The lowest BCUT2D eigenvalue weighted by atomic mass is 10.0.